The fourth-order valence-corrected chi connectivity index (χ4v) is 1.82. The number of rotatable bonds is 1. The summed E-state index contributed by atoms with van der Waals surface area (Å²) in [6.45, 7) is 6.50. The Hall–Kier alpha value is -0.960. The van der Waals surface area contributed by atoms with Crippen LogP contribution in [0.15, 0.2) is 6.33 Å². The molecule has 7 heteroatoms. The van der Waals surface area contributed by atoms with Crippen molar-refractivity contribution >= 4 is 37.9 Å². The SMILES string of the molecule is C1CCNC1.CC.N=C(I)c1c(N)ncnc1N. The van der Waals surface area contributed by atoms with Crippen LogP contribution in [0.3, 0.4) is 0 Å². The second-order valence-electron chi connectivity index (χ2n) is 3.29. The van der Waals surface area contributed by atoms with Crippen LogP contribution in [0.1, 0.15) is 32.3 Å². The number of hydrogen-bond donors (Lipinski definition) is 4. The van der Waals surface area contributed by atoms with Gasteiger partial charge in [0.1, 0.15) is 21.7 Å². The number of nitrogens with one attached hydrogen (secondary N) is 2. The average molecular weight is 364 g/mol. The van der Waals surface area contributed by atoms with Crippen LogP contribution in [0.5, 0.6) is 0 Å². The minimum atomic E-state index is 0.247. The Morgan fingerprint density at radius 1 is 1.22 bits per heavy atom. The second-order valence-corrected chi connectivity index (χ2v) is 4.37. The lowest BCUT2D eigenvalue weighted by atomic mass is 10.3. The number of anilines is 2. The van der Waals surface area contributed by atoms with E-state index in [4.69, 9.17) is 16.9 Å². The summed E-state index contributed by atoms with van der Waals surface area (Å²) in [6, 6.07) is 0. The summed E-state index contributed by atoms with van der Waals surface area (Å²) in [5.41, 5.74) is 11.3. The molecule has 1 fully saturated rings. The van der Waals surface area contributed by atoms with Crippen molar-refractivity contribution in [3.8, 4) is 0 Å². The van der Waals surface area contributed by atoms with E-state index in [1.807, 2.05) is 13.8 Å². The van der Waals surface area contributed by atoms with Gasteiger partial charge in [0.15, 0.2) is 0 Å². The summed E-state index contributed by atoms with van der Waals surface area (Å²) in [6.07, 6.45) is 4.05. The highest BCUT2D eigenvalue weighted by molar-refractivity contribution is 14.1. The molecular formula is C11H21IN6. The summed E-state index contributed by atoms with van der Waals surface area (Å²) < 4.78 is 0.248. The molecule has 0 aromatic carbocycles. The first-order valence-electron chi connectivity index (χ1n) is 5.94. The number of hydrogen-bond acceptors (Lipinski definition) is 6. The molecule has 1 aliphatic rings. The topological polar surface area (TPSA) is 114 Å². The van der Waals surface area contributed by atoms with E-state index in [0.717, 1.165) is 0 Å². The van der Waals surface area contributed by atoms with Gasteiger partial charge in [-0.15, -0.1) is 0 Å². The molecule has 6 N–H and O–H groups in total. The largest absolute Gasteiger partial charge is 0.383 e. The zero-order chi connectivity index (χ0) is 14.0. The van der Waals surface area contributed by atoms with Crippen molar-refractivity contribution in [2.45, 2.75) is 26.7 Å². The van der Waals surface area contributed by atoms with Crippen LogP contribution in [0, 0.1) is 5.41 Å². The number of halogens is 1. The third kappa shape index (κ3) is 6.10. The molecule has 0 saturated carbocycles. The fraction of sp³-hybridized carbons (Fsp3) is 0.545. The Bertz CT molecular complexity index is 337. The number of nitrogens with zero attached hydrogens (tertiary/aromatic N) is 2. The molecule has 1 aliphatic heterocycles. The summed E-state index contributed by atoms with van der Waals surface area (Å²) >= 11 is 1.80. The summed E-state index contributed by atoms with van der Waals surface area (Å²) in [5, 5.41) is 10.5. The quantitative estimate of drug-likeness (QED) is 0.448. The van der Waals surface area contributed by atoms with Crippen molar-refractivity contribution < 1.29 is 0 Å². The van der Waals surface area contributed by atoms with Gasteiger partial charge in [-0.1, -0.05) is 13.8 Å². The van der Waals surface area contributed by atoms with Crippen LogP contribution < -0.4 is 16.8 Å². The maximum absolute atomic E-state index is 7.26. The van der Waals surface area contributed by atoms with Gasteiger partial charge in [0.05, 0.1) is 5.56 Å². The smallest absolute Gasteiger partial charge is 0.138 e. The van der Waals surface area contributed by atoms with Crippen LogP contribution in [0.4, 0.5) is 11.6 Å². The predicted octanol–water partition coefficient (Wildman–Crippen LogP) is 1.80. The highest BCUT2D eigenvalue weighted by Crippen LogP contribution is 2.16. The maximum atomic E-state index is 7.26. The van der Waals surface area contributed by atoms with Gasteiger partial charge in [0.25, 0.3) is 0 Å². The fourth-order valence-electron chi connectivity index (χ4n) is 1.26. The van der Waals surface area contributed by atoms with Crippen molar-refractivity contribution in [3.63, 3.8) is 0 Å². The summed E-state index contributed by atoms with van der Waals surface area (Å²) in [7, 11) is 0. The van der Waals surface area contributed by atoms with Gasteiger partial charge in [0, 0.05) is 0 Å². The third-order valence-corrected chi connectivity index (χ3v) is 2.62. The number of aromatic nitrogens is 2. The molecule has 0 spiro atoms. The van der Waals surface area contributed by atoms with Crippen molar-refractivity contribution in [2.24, 2.45) is 0 Å². The van der Waals surface area contributed by atoms with Gasteiger partial charge in [-0.3, -0.25) is 5.41 Å². The van der Waals surface area contributed by atoms with E-state index >= 15 is 0 Å². The van der Waals surface area contributed by atoms with Crippen LogP contribution >= 0.6 is 22.6 Å². The van der Waals surface area contributed by atoms with Crippen LogP contribution in [-0.2, 0) is 0 Å². The van der Waals surface area contributed by atoms with E-state index in [1.165, 1.54) is 32.3 Å². The normalized spacial score (nSPS) is 12.8. The van der Waals surface area contributed by atoms with Gasteiger partial charge in [0.2, 0.25) is 0 Å². The van der Waals surface area contributed by atoms with E-state index in [2.05, 4.69) is 15.3 Å². The van der Waals surface area contributed by atoms with Gasteiger partial charge >= 0.3 is 0 Å². The molecule has 0 atom stereocenters. The first-order valence-corrected chi connectivity index (χ1v) is 7.02. The average Bonchev–Trinajstić information content (AvgIpc) is 2.89. The molecule has 18 heavy (non-hydrogen) atoms. The van der Waals surface area contributed by atoms with Crippen LogP contribution in [-0.4, -0.2) is 26.8 Å². The zero-order valence-electron chi connectivity index (χ0n) is 10.8. The molecule has 0 amide bonds. The lowest BCUT2D eigenvalue weighted by molar-refractivity contribution is 0.857. The second kappa shape index (κ2) is 10.0. The van der Waals surface area contributed by atoms with Crippen molar-refractivity contribution in [2.75, 3.05) is 24.6 Å². The molecule has 1 aromatic rings. The summed E-state index contributed by atoms with van der Waals surface area (Å²) in [4.78, 5) is 7.40. The monoisotopic (exact) mass is 364 g/mol. The zero-order valence-corrected chi connectivity index (χ0v) is 13.0. The molecule has 2 heterocycles. The van der Waals surface area contributed by atoms with Gasteiger partial charge in [-0.05, 0) is 48.5 Å². The molecule has 1 saturated heterocycles. The highest BCUT2D eigenvalue weighted by atomic mass is 127. The Labute approximate surface area is 122 Å². The maximum Gasteiger partial charge on any atom is 0.138 e. The summed E-state index contributed by atoms with van der Waals surface area (Å²) in [5.74, 6) is 0.494. The van der Waals surface area contributed by atoms with E-state index in [1.54, 1.807) is 22.6 Å². The molecule has 102 valence electrons. The molecule has 0 radical (unpaired) electrons. The van der Waals surface area contributed by atoms with Gasteiger partial charge in [-0.25, -0.2) is 9.97 Å². The number of nitrogen functional groups attached to an aromatic ring is 2. The third-order valence-electron chi connectivity index (χ3n) is 2.08. The van der Waals surface area contributed by atoms with Gasteiger partial charge in [-0.2, -0.15) is 0 Å². The van der Waals surface area contributed by atoms with E-state index < -0.39 is 0 Å². The first-order chi connectivity index (χ1) is 8.63. The molecular weight excluding hydrogens is 343 g/mol. The molecule has 1 aromatic heterocycles. The first kappa shape index (κ1) is 17.0. The minimum Gasteiger partial charge on any atom is -0.383 e. The predicted molar refractivity (Wildman–Crippen MR) is 85.2 cm³/mol. The molecule has 0 unspecified atom stereocenters. The Balaban J connectivity index is 0.000000343. The van der Waals surface area contributed by atoms with Crippen LogP contribution in [0.2, 0.25) is 0 Å². The van der Waals surface area contributed by atoms with Gasteiger partial charge < -0.3 is 16.8 Å². The molecule has 6 nitrogen and oxygen atoms in total. The Kier molecular flexibility index (Phi) is 9.47. The Morgan fingerprint density at radius 2 is 1.67 bits per heavy atom. The molecule has 2 rings (SSSR count). The molecule has 0 aliphatic carbocycles. The molecule has 0 bridgehead atoms. The highest BCUT2D eigenvalue weighted by Gasteiger charge is 2.08. The van der Waals surface area contributed by atoms with Crippen LogP contribution in [0.25, 0.3) is 0 Å². The van der Waals surface area contributed by atoms with E-state index in [-0.39, 0.29) is 15.4 Å². The number of nitrogens with two attached hydrogens (primary N) is 2. The van der Waals surface area contributed by atoms with Crippen molar-refractivity contribution in [3.05, 3.63) is 11.9 Å². The standard InChI is InChI=1S/C5H6IN5.C4H9N.C2H6/c6-3(7)2-4(8)10-1-11-5(2)9;1-2-4-5-3-1;1-2/h1,7H,(H4,8,9,10,11);5H,1-4H2;1-2H3. The van der Waals surface area contributed by atoms with E-state index in [0.29, 0.717) is 5.56 Å². The van der Waals surface area contributed by atoms with E-state index in [9.17, 15) is 0 Å². The lowest BCUT2D eigenvalue weighted by Gasteiger charge is -2.02. The van der Waals surface area contributed by atoms with Crippen molar-refractivity contribution in [1.29, 1.82) is 5.41 Å². The lowest BCUT2D eigenvalue weighted by Crippen LogP contribution is -2.06. The van der Waals surface area contributed by atoms with Crippen molar-refractivity contribution in [1.82, 2.24) is 15.3 Å². The Morgan fingerprint density at radius 3 is 1.89 bits per heavy atom. The minimum absolute atomic E-state index is 0.247.